The van der Waals surface area contributed by atoms with Crippen LogP contribution in [0.4, 0.5) is 0 Å². The van der Waals surface area contributed by atoms with Gasteiger partial charge in [-0.15, -0.1) is 0 Å². The van der Waals surface area contributed by atoms with Crippen molar-refractivity contribution in [2.45, 2.75) is 12.6 Å². The summed E-state index contributed by atoms with van der Waals surface area (Å²) >= 11 is 2.20. The highest BCUT2D eigenvalue weighted by Gasteiger charge is 2.07. The van der Waals surface area contributed by atoms with Crippen LogP contribution in [-0.4, -0.2) is 14.9 Å². The monoisotopic (exact) mass is 314 g/mol. The molecule has 0 bridgehead atoms. The number of halogens is 1. The van der Waals surface area contributed by atoms with Crippen LogP contribution in [0.2, 0.25) is 0 Å². The Morgan fingerprint density at radius 1 is 1.33 bits per heavy atom. The summed E-state index contributed by atoms with van der Waals surface area (Å²) in [5.41, 5.74) is 0.919. The Kier molecular flexibility index (Phi) is 3.37. The molecule has 1 aromatic heterocycles. The summed E-state index contributed by atoms with van der Waals surface area (Å²) in [6, 6.07) is 9.61. The van der Waals surface area contributed by atoms with E-state index < -0.39 is 6.10 Å². The van der Waals surface area contributed by atoms with Crippen molar-refractivity contribution in [3.05, 3.63) is 51.9 Å². The van der Waals surface area contributed by atoms with Crippen molar-refractivity contribution in [3.63, 3.8) is 0 Å². The maximum Gasteiger partial charge on any atom is 0.0985 e. The average molecular weight is 314 g/mol. The summed E-state index contributed by atoms with van der Waals surface area (Å²) in [4.78, 5) is 0. The predicted octanol–water partition coefficient (Wildman–Crippen LogP) is 2.22. The first kappa shape index (κ1) is 10.6. The second-order valence-corrected chi connectivity index (χ2v) is 4.55. The summed E-state index contributed by atoms with van der Waals surface area (Å²) in [7, 11) is 0. The van der Waals surface area contributed by atoms with E-state index in [4.69, 9.17) is 0 Å². The average Bonchev–Trinajstić information content (AvgIpc) is 2.65. The van der Waals surface area contributed by atoms with Crippen molar-refractivity contribution in [1.82, 2.24) is 9.78 Å². The van der Waals surface area contributed by atoms with E-state index in [1.807, 2.05) is 36.5 Å². The molecule has 4 heteroatoms. The minimum atomic E-state index is -0.498. The molecule has 78 valence electrons. The fourth-order valence-electron chi connectivity index (χ4n) is 1.40. The second kappa shape index (κ2) is 4.76. The van der Waals surface area contributed by atoms with Gasteiger partial charge < -0.3 is 5.11 Å². The maximum absolute atomic E-state index is 9.92. The van der Waals surface area contributed by atoms with Crippen molar-refractivity contribution in [2.24, 2.45) is 0 Å². The largest absolute Gasteiger partial charge is 0.386 e. The first-order chi connectivity index (χ1) is 7.25. The Labute approximate surface area is 102 Å². The van der Waals surface area contributed by atoms with E-state index in [1.54, 1.807) is 10.9 Å². The van der Waals surface area contributed by atoms with Crippen molar-refractivity contribution in [2.75, 3.05) is 0 Å². The summed E-state index contributed by atoms with van der Waals surface area (Å²) in [5, 5.41) is 14.1. The summed E-state index contributed by atoms with van der Waals surface area (Å²) in [6.07, 6.45) is 3.19. The smallest absolute Gasteiger partial charge is 0.0985 e. The van der Waals surface area contributed by atoms with Gasteiger partial charge in [0.2, 0.25) is 0 Å². The molecule has 3 nitrogen and oxygen atoms in total. The van der Waals surface area contributed by atoms with E-state index in [0.717, 1.165) is 9.13 Å². The number of aliphatic hydroxyl groups excluding tert-OH is 1. The van der Waals surface area contributed by atoms with Crippen LogP contribution >= 0.6 is 22.6 Å². The van der Waals surface area contributed by atoms with Gasteiger partial charge in [-0.25, -0.2) is 0 Å². The summed E-state index contributed by atoms with van der Waals surface area (Å²) in [5.74, 6) is 0. The van der Waals surface area contributed by atoms with Gasteiger partial charge in [0, 0.05) is 6.20 Å². The molecule has 0 amide bonds. The zero-order valence-electron chi connectivity index (χ0n) is 8.05. The molecule has 1 unspecified atom stereocenters. The number of aromatic nitrogens is 2. The van der Waals surface area contributed by atoms with E-state index in [1.165, 1.54) is 0 Å². The van der Waals surface area contributed by atoms with Crippen LogP contribution in [0.1, 0.15) is 11.7 Å². The van der Waals surface area contributed by atoms with Crippen LogP contribution in [0.15, 0.2) is 42.7 Å². The third-order valence-electron chi connectivity index (χ3n) is 2.15. The van der Waals surface area contributed by atoms with Crippen molar-refractivity contribution < 1.29 is 5.11 Å². The van der Waals surface area contributed by atoms with Gasteiger partial charge in [0.15, 0.2) is 0 Å². The van der Waals surface area contributed by atoms with Crippen molar-refractivity contribution in [1.29, 1.82) is 0 Å². The minimum absolute atomic E-state index is 0.493. The van der Waals surface area contributed by atoms with Gasteiger partial charge in [-0.2, -0.15) is 5.10 Å². The Bertz CT molecular complexity index is 427. The zero-order chi connectivity index (χ0) is 10.7. The van der Waals surface area contributed by atoms with E-state index >= 15 is 0 Å². The first-order valence-corrected chi connectivity index (χ1v) is 5.74. The number of aliphatic hydroxyl groups is 1. The fourth-order valence-corrected chi connectivity index (χ4v) is 1.84. The minimum Gasteiger partial charge on any atom is -0.386 e. The van der Waals surface area contributed by atoms with Gasteiger partial charge in [0.1, 0.15) is 0 Å². The van der Waals surface area contributed by atoms with Crippen LogP contribution in [0.3, 0.4) is 0 Å². The standard InChI is InChI=1S/C11H11IN2O/c12-10-6-13-14(7-10)8-11(15)9-4-2-1-3-5-9/h1-7,11,15H,8H2. The molecule has 0 aliphatic rings. The quantitative estimate of drug-likeness (QED) is 0.882. The molecule has 1 heterocycles. The lowest BCUT2D eigenvalue weighted by molar-refractivity contribution is 0.151. The van der Waals surface area contributed by atoms with Crippen LogP contribution in [0.25, 0.3) is 0 Å². The lowest BCUT2D eigenvalue weighted by Crippen LogP contribution is -2.08. The number of hydrogen-bond acceptors (Lipinski definition) is 2. The van der Waals surface area contributed by atoms with E-state index in [0.29, 0.717) is 6.54 Å². The van der Waals surface area contributed by atoms with Gasteiger partial charge in [0.05, 0.1) is 22.4 Å². The number of benzene rings is 1. The van der Waals surface area contributed by atoms with Crippen LogP contribution < -0.4 is 0 Å². The highest BCUT2D eigenvalue weighted by atomic mass is 127. The summed E-state index contributed by atoms with van der Waals surface area (Å²) < 4.78 is 2.83. The molecule has 0 saturated heterocycles. The molecular weight excluding hydrogens is 303 g/mol. The third kappa shape index (κ3) is 2.79. The Hall–Kier alpha value is -0.880. The molecule has 15 heavy (non-hydrogen) atoms. The molecule has 0 saturated carbocycles. The molecule has 1 atom stereocenters. The Morgan fingerprint density at radius 2 is 2.07 bits per heavy atom. The van der Waals surface area contributed by atoms with Crippen molar-refractivity contribution >= 4 is 22.6 Å². The molecule has 2 rings (SSSR count). The van der Waals surface area contributed by atoms with Crippen molar-refractivity contribution in [3.8, 4) is 0 Å². The SMILES string of the molecule is OC(Cn1cc(I)cn1)c1ccccc1. The molecule has 1 aromatic carbocycles. The lowest BCUT2D eigenvalue weighted by atomic mass is 10.1. The van der Waals surface area contributed by atoms with E-state index in [9.17, 15) is 5.11 Å². The third-order valence-corrected chi connectivity index (χ3v) is 2.70. The number of nitrogens with zero attached hydrogens (tertiary/aromatic N) is 2. The Morgan fingerprint density at radius 3 is 2.67 bits per heavy atom. The predicted molar refractivity (Wildman–Crippen MR) is 66.3 cm³/mol. The molecule has 0 aliphatic heterocycles. The van der Waals surface area contributed by atoms with Crippen LogP contribution in [-0.2, 0) is 6.54 Å². The topological polar surface area (TPSA) is 38.0 Å². The van der Waals surface area contributed by atoms with Crippen LogP contribution in [0, 0.1) is 3.57 Å². The molecule has 0 aliphatic carbocycles. The molecule has 0 spiro atoms. The molecular formula is C11H11IN2O. The normalized spacial score (nSPS) is 12.7. The number of rotatable bonds is 3. The zero-order valence-corrected chi connectivity index (χ0v) is 10.2. The highest BCUT2D eigenvalue weighted by Crippen LogP contribution is 2.14. The second-order valence-electron chi connectivity index (χ2n) is 3.31. The first-order valence-electron chi connectivity index (χ1n) is 4.66. The van der Waals surface area contributed by atoms with Crippen LogP contribution in [0.5, 0.6) is 0 Å². The molecule has 2 aromatic rings. The van der Waals surface area contributed by atoms with E-state index in [2.05, 4.69) is 27.7 Å². The molecule has 1 N–H and O–H groups in total. The molecule has 0 radical (unpaired) electrons. The van der Waals surface area contributed by atoms with Gasteiger partial charge >= 0.3 is 0 Å². The molecule has 0 fully saturated rings. The summed E-state index contributed by atoms with van der Waals surface area (Å²) in [6.45, 7) is 0.493. The van der Waals surface area contributed by atoms with Gasteiger partial charge in [0.25, 0.3) is 0 Å². The number of hydrogen-bond donors (Lipinski definition) is 1. The van der Waals surface area contributed by atoms with Gasteiger partial charge in [-0.1, -0.05) is 30.3 Å². The van der Waals surface area contributed by atoms with Gasteiger partial charge in [-0.3, -0.25) is 4.68 Å². The van der Waals surface area contributed by atoms with Gasteiger partial charge in [-0.05, 0) is 28.2 Å². The highest BCUT2D eigenvalue weighted by molar-refractivity contribution is 14.1. The lowest BCUT2D eigenvalue weighted by Gasteiger charge is -2.10. The maximum atomic E-state index is 9.92. The Balaban J connectivity index is 2.07. The van der Waals surface area contributed by atoms with E-state index in [-0.39, 0.29) is 0 Å². The fraction of sp³-hybridized carbons (Fsp3) is 0.182.